The maximum atomic E-state index is 13.8. The SMILES string of the molecule is C=C(NC1CN(C2CCCCC2)N=C1C(F)F)c1cnn2c1N=C(N1CCNCC1)CC2. The molecule has 1 aromatic heterocycles. The number of piperazine rings is 1. The lowest BCUT2D eigenvalue weighted by molar-refractivity contribution is 0.172. The minimum Gasteiger partial charge on any atom is -0.375 e. The first-order valence-electron chi connectivity index (χ1n) is 11.8. The zero-order valence-electron chi connectivity index (χ0n) is 18.4. The predicted molar refractivity (Wildman–Crippen MR) is 121 cm³/mol. The van der Waals surface area contributed by atoms with Gasteiger partial charge in [-0.05, 0) is 12.8 Å². The number of halogens is 2. The fraction of sp³-hybridized carbons (Fsp3) is 0.682. The Morgan fingerprint density at radius 2 is 1.94 bits per heavy atom. The van der Waals surface area contributed by atoms with E-state index in [1.165, 1.54) is 6.42 Å². The van der Waals surface area contributed by atoms with E-state index in [2.05, 4.69) is 32.3 Å². The fourth-order valence-electron chi connectivity index (χ4n) is 5.16. The average molecular weight is 447 g/mol. The maximum Gasteiger partial charge on any atom is 0.280 e. The van der Waals surface area contributed by atoms with Gasteiger partial charge in [-0.1, -0.05) is 25.8 Å². The van der Waals surface area contributed by atoms with Crippen molar-refractivity contribution in [1.29, 1.82) is 0 Å². The Hall–Kier alpha value is -2.49. The zero-order chi connectivity index (χ0) is 22.1. The summed E-state index contributed by atoms with van der Waals surface area (Å²) in [5.74, 6) is 1.81. The van der Waals surface area contributed by atoms with Crippen LogP contribution in [0.3, 0.4) is 0 Å². The normalized spacial score (nSPS) is 24.4. The molecule has 0 amide bonds. The van der Waals surface area contributed by atoms with Gasteiger partial charge in [0.1, 0.15) is 11.5 Å². The van der Waals surface area contributed by atoms with E-state index in [0.717, 1.165) is 82.0 Å². The first-order chi connectivity index (χ1) is 15.6. The number of hydrazone groups is 1. The largest absolute Gasteiger partial charge is 0.375 e. The number of aromatic nitrogens is 2. The van der Waals surface area contributed by atoms with Gasteiger partial charge in [-0.25, -0.2) is 18.5 Å². The highest BCUT2D eigenvalue weighted by molar-refractivity contribution is 5.95. The number of nitrogens with zero attached hydrogens (tertiary/aromatic N) is 6. The molecule has 0 radical (unpaired) electrons. The van der Waals surface area contributed by atoms with E-state index in [4.69, 9.17) is 4.99 Å². The lowest BCUT2D eigenvalue weighted by Gasteiger charge is -2.32. The van der Waals surface area contributed by atoms with Crippen molar-refractivity contribution in [3.8, 4) is 0 Å². The Labute approximate surface area is 187 Å². The molecular weight excluding hydrogens is 414 g/mol. The average Bonchev–Trinajstić information content (AvgIpc) is 3.44. The summed E-state index contributed by atoms with van der Waals surface area (Å²) in [6.45, 7) is 9.15. The highest BCUT2D eigenvalue weighted by Gasteiger charge is 2.36. The minimum absolute atomic E-state index is 0.0947. The minimum atomic E-state index is -2.59. The number of hydrogen-bond donors (Lipinski definition) is 2. The van der Waals surface area contributed by atoms with E-state index in [1.807, 2.05) is 9.69 Å². The van der Waals surface area contributed by atoms with E-state index < -0.39 is 12.5 Å². The summed E-state index contributed by atoms with van der Waals surface area (Å²) in [4.78, 5) is 7.21. The van der Waals surface area contributed by atoms with Crippen LogP contribution >= 0.6 is 0 Å². The van der Waals surface area contributed by atoms with Crippen LogP contribution in [0.5, 0.6) is 0 Å². The van der Waals surface area contributed by atoms with Crippen LogP contribution < -0.4 is 10.6 Å². The molecule has 4 heterocycles. The number of aryl methyl sites for hydroxylation is 1. The maximum absolute atomic E-state index is 13.8. The number of alkyl halides is 2. The Bertz CT molecular complexity index is 896. The summed E-state index contributed by atoms with van der Waals surface area (Å²) >= 11 is 0. The standard InChI is InChI=1S/C22H32F2N8/c1-15(27-18-14-32(29-20(18)21(23)24)16-5-3-2-4-6-16)17-13-26-31-10-7-19(28-22(17)31)30-11-8-25-9-12-30/h13,16,18,21,25,27H,1-12,14H2. The molecule has 1 unspecified atom stereocenters. The summed E-state index contributed by atoms with van der Waals surface area (Å²) in [7, 11) is 0. The van der Waals surface area contributed by atoms with Gasteiger partial charge in [-0.3, -0.25) is 5.01 Å². The third-order valence-electron chi connectivity index (χ3n) is 6.94. The Morgan fingerprint density at radius 3 is 2.69 bits per heavy atom. The van der Waals surface area contributed by atoms with Gasteiger partial charge in [-0.2, -0.15) is 10.2 Å². The monoisotopic (exact) mass is 446 g/mol. The van der Waals surface area contributed by atoms with Crippen molar-refractivity contribution in [2.24, 2.45) is 10.1 Å². The number of hydrogen-bond acceptors (Lipinski definition) is 7. The molecule has 174 valence electrons. The molecule has 1 aliphatic carbocycles. The van der Waals surface area contributed by atoms with Crippen LogP contribution in [0, 0.1) is 0 Å². The smallest absolute Gasteiger partial charge is 0.280 e. The van der Waals surface area contributed by atoms with Crippen molar-refractivity contribution in [1.82, 2.24) is 30.3 Å². The van der Waals surface area contributed by atoms with E-state index in [1.54, 1.807) is 6.20 Å². The summed E-state index contributed by atoms with van der Waals surface area (Å²) in [5, 5.41) is 17.3. The number of fused-ring (bicyclic) bond motifs is 1. The highest BCUT2D eigenvalue weighted by atomic mass is 19.3. The molecule has 1 aromatic rings. The molecule has 0 aromatic carbocycles. The van der Waals surface area contributed by atoms with Crippen LogP contribution in [-0.2, 0) is 6.54 Å². The van der Waals surface area contributed by atoms with Crippen LogP contribution in [0.4, 0.5) is 14.6 Å². The first kappa shape index (κ1) is 21.4. The Kier molecular flexibility index (Phi) is 6.12. The highest BCUT2D eigenvalue weighted by Crippen LogP contribution is 2.31. The summed E-state index contributed by atoms with van der Waals surface area (Å²) in [6, 6.07) is -0.298. The van der Waals surface area contributed by atoms with Gasteiger partial charge in [-0.15, -0.1) is 0 Å². The van der Waals surface area contributed by atoms with Gasteiger partial charge in [0, 0.05) is 44.3 Å². The van der Waals surface area contributed by atoms with Crippen LogP contribution in [0.15, 0.2) is 22.9 Å². The molecule has 1 saturated carbocycles. The van der Waals surface area contributed by atoms with Gasteiger partial charge in [0.05, 0.1) is 30.9 Å². The van der Waals surface area contributed by atoms with Crippen LogP contribution in [0.1, 0.15) is 44.1 Å². The van der Waals surface area contributed by atoms with Gasteiger partial charge in [0.2, 0.25) is 0 Å². The van der Waals surface area contributed by atoms with Gasteiger partial charge >= 0.3 is 0 Å². The number of aliphatic imine (C=N–C) groups is 1. The molecule has 1 atom stereocenters. The molecule has 1 saturated heterocycles. The van der Waals surface area contributed by atoms with E-state index in [0.29, 0.717) is 12.2 Å². The number of nitrogens with one attached hydrogen (secondary N) is 2. The topological polar surface area (TPSA) is 73.1 Å². The van der Waals surface area contributed by atoms with Crippen LogP contribution in [-0.4, -0.2) is 82.5 Å². The van der Waals surface area contributed by atoms with Crippen molar-refractivity contribution >= 4 is 23.1 Å². The molecule has 8 nitrogen and oxygen atoms in total. The molecule has 2 N–H and O–H groups in total. The molecule has 4 aliphatic rings. The third kappa shape index (κ3) is 4.24. The van der Waals surface area contributed by atoms with Crippen LogP contribution in [0.2, 0.25) is 0 Å². The fourth-order valence-corrected chi connectivity index (χ4v) is 5.16. The molecule has 0 bridgehead atoms. The van der Waals surface area contributed by atoms with Crippen molar-refractivity contribution in [2.75, 3.05) is 32.7 Å². The lowest BCUT2D eigenvalue weighted by Crippen LogP contribution is -2.47. The summed E-state index contributed by atoms with van der Waals surface area (Å²) in [6.07, 6.45) is 5.53. The van der Waals surface area contributed by atoms with Crippen molar-refractivity contribution < 1.29 is 8.78 Å². The number of amidine groups is 1. The summed E-state index contributed by atoms with van der Waals surface area (Å²) in [5.41, 5.74) is 1.24. The van der Waals surface area contributed by atoms with Crippen molar-refractivity contribution in [2.45, 2.75) is 63.6 Å². The quantitative estimate of drug-likeness (QED) is 0.727. The molecule has 32 heavy (non-hydrogen) atoms. The molecular formula is C22H32F2N8. The second-order valence-corrected chi connectivity index (χ2v) is 9.03. The Balaban J connectivity index is 1.31. The lowest BCUT2D eigenvalue weighted by atomic mass is 9.95. The zero-order valence-corrected chi connectivity index (χ0v) is 18.4. The molecule has 0 spiro atoms. The molecule has 5 rings (SSSR count). The number of rotatable bonds is 5. The second-order valence-electron chi connectivity index (χ2n) is 9.03. The first-order valence-corrected chi connectivity index (χ1v) is 11.8. The third-order valence-corrected chi connectivity index (χ3v) is 6.94. The molecule has 10 heteroatoms. The van der Waals surface area contributed by atoms with E-state index in [9.17, 15) is 8.78 Å². The molecule has 2 fully saturated rings. The van der Waals surface area contributed by atoms with Crippen molar-refractivity contribution in [3.05, 3.63) is 18.3 Å². The predicted octanol–water partition coefficient (Wildman–Crippen LogP) is 2.42. The summed E-state index contributed by atoms with van der Waals surface area (Å²) < 4.78 is 29.4. The van der Waals surface area contributed by atoms with Gasteiger partial charge < -0.3 is 15.5 Å². The van der Waals surface area contributed by atoms with E-state index in [-0.39, 0.29) is 11.8 Å². The molecule has 3 aliphatic heterocycles. The van der Waals surface area contributed by atoms with Gasteiger partial charge in [0.15, 0.2) is 5.82 Å². The van der Waals surface area contributed by atoms with Crippen LogP contribution in [0.25, 0.3) is 5.70 Å². The Morgan fingerprint density at radius 1 is 1.16 bits per heavy atom. The van der Waals surface area contributed by atoms with Gasteiger partial charge in [0.25, 0.3) is 6.43 Å². The second kappa shape index (κ2) is 9.17. The van der Waals surface area contributed by atoms with Crippen molar-refractivity contribution in [3.63, 3.8) is 0 Å². The van der Waals surface area contributed by atoms with E-state index >= 15 is 0 Å².